The van der Waals surface area contributed by atoms with E-state index in [2.05, 4.69) is 33.8 Å². The van der Waals surface area contributed by atoms with Crippen molar-refractivity contribution in [2.24, 2.45) is 0 Å². The standard InChI is InChI=1S/C13H17BrClNO/c1-10-9-16(6-7-17-10)5-4-11-8-12(14)2-3-13(11)15/h2-3,8,10H,4-7,9H2,1H3. The molecule has 1 fully saturated rings. The van der Waals surface area contributed by atoms with Gasteiger partial charge in [0.1, 0.15) is 0 Å². The molecule has 1 aliphatic heterocycles. The van der Waals surface area contributed by atoms with Gasteiger partial charge in [-0.05, 0) is 37.1 Å². The lowest BCUT2D eigenvalue weighted by atomic mass is 10.1. The van der Waals surface area contributed by atoms with Crippen LogP contribution in [0.2, 0.25) is 5.02 Å². The summed E-state index contributed by atoms with van der Waals surface area (Å²) in [5, 5.41) is 0.856. The summed E-state index contributed by atoms with van der Waals surface area (Å²) in [6, 6.07) is 6.03. The molecular formula is C13H17BrClNO. The van der Waals surface area contributed by atoms with Crippen LogP contribution >= 0.6 is 27.5 Å². The molecule has 0 amide bonds. The zero-order chi connectivity index (χ0) is 12.3. The maximum atomic E-state index is 6.18. The summed E-state index contributed by atoms with van der Waals surface area (Å²) in [6.07, 6.45) is 1.34. The van der Waals surface area contributed by atoms with E-state index < -0.39 is 0 Å². The zero-order valence-electron chi connectivity index (χ0n) is 9.96. The summed E-state index contributed by atoms with van der Waals surface area (Å²) >= 11 is 9.66. The predicted octanol–water partition coefficient (Wildman–Crippen LogP) is 3.37. The molecule has 0 spiro atoms. The Morgan fingerprint density at radius 3 is 3.12 bits per heavy atom. The van der Waals surface area contributed by atoms with Crippen LogP contribution in [-0.4, -0.2) is 37.2 Å². The van der Waals surface area contributed by atoms with Crippen molar-refractivity contribution in [2.45, 2.75) is 19.4 Å². The first kappa shape index (κ1) is 13.3. The average Bonchev–Trinajstić information content (AvgIpc) is 2.30. The Labute approximate surface area is 116 Å². The van der Waals surface area contributed by atoms with Crippen LogP contribution in [0.4, 0.5) is 0 Å². The smallest absolute Gasteiger partial charge is 0.0674 e. The topological polar surface area (TPSA) is 12.5 Å². The summed E-state index contributed by atoms with van der Waals surface area (Å²) in [4.78, 5) is 2.44. The van der Waals surface area contributed by atoms with Gasteiger partial charge in [-0.25, -0.2) is 0 Å². The van der Waals surface area contributed by atoms with Gasteiger partial charge in [0.05, 0.1) is 12.7 Å². The van der Waals surface area contributed by atoms with Crippen molar-refractivity contribution in [1.82, 2.24) is 4.90 Å². The number of ether oxygens (including phenoxy) is 1. The number of morpholine rings is 1. The van der Waals surface area contributed by atoms with E-state index in [0.717, 1.165) is 42.2 Å². The molecule has 1 aliphatic rings. The van der Waals surface area contributed by atoms with E-state index in [-0.39, 0.29) is 0 Å². The highest BCUT2D eigenvalue weighted by molar-refractivity contribution is 9.10. The molecule has 2 nitrogen and oxygen atoms in total. The third-order valence-corrected chi connectivity index (χ3v) is 3.89. The molecule has 0 radical (unpaired) electrons. The molecule has 4 heteroatoms. The van der Waals surface area contributed by atoms with Crippen molar-refractivity contribution in [3.63, 3.8) is 0 Å². The summed E-state index contributed by atoms with van der Waals surface area (Å²) in [5.74, 6) is 0. The molecular weight excluding hydrogens is 302 g/mol. The summed E-state index contributed by atoms with van der Waals surface area (Å²) in [7, 11) is 0. The normalized spacial score (nSPS) is 21.7. The number of rotatable bonds is 3. The molecule has 17 heavy (non-hydrogen) atoms. The summed E-state index contributed by atoms with van der Waals surface area (Å²) < 4.78 is 6.62. The van der Waals surface area contributed by atoms with E-state index in [1.807, 2.05) is 12.1 Å². The number of benzene rings is 1. The fraction of sp³-hybridized carbons (Fsp3) is 0.538. The Bertz CT molecular complexity index is 386. The fourth-order valence-corrected chi connectivity index (χ4v) is 2.73. The Morgan fingerprint density at radius 2 is 2.35 bits per heavy atom. The van der Waals surface area contributed by atoms with Gasteiger partial charge in [0, 0.05) is 29.1 Å². The molecule has 1 atom stereocenters. The van der Waals surface area contributed by atoms with Crippen molar-refractivity contribution in [3.05, 3.63) is 33.3 Å². The lowest BCUT2D eigenvalue weighted by Crippen LogP contribution is -2.41. The Morgan fingerprint density at radius 1 is 1.53 bits per heavy atom. The lowest BCUT2D eigenvalue weighted by molar-refractivity contribution is -0.0177. The number of hydrogen-bond acceptors (Lipinski definition) is 2. The van der Waals surface area contributed by atoms with Gasteiger partial charge in [0.15, 0.2) is 0 Å². The molecule has 1 saturated heterocycles. The van der Waals surface area contributed by atoms with Crippen molar-refractivity contribution < 1.29 is 4.74 Å². The number of nitrogens with zero attached hydrogens (tertiary/aromatic N) is 1. The minimum atomic E-state index is 0.349. The predicted molar refractivity (Wildman–Crippen MR) is 74.7 cm³/mol. The van der Waals surface area contributed by atoms with Gasteiger partial charge in [0.25, 0.3) is 0 Å². The van der Waals surface area contributed by atoms with Gasteiger partial charge >= 0.3 is 0 Å². The third kappa shape index (κ3) is 3.95. The maximum Gasteiger partial charge on any atom is 0.0674 e. The minimum absolute atomic E-state index is 0.349. The van der Waals surface area contributed by atoms with Crippen LogP contribution in [-0.2, 0) is 11.2 Å². The molecule has 0 aliphatic carbocycles. The second-order valence-electron chi connectivity index (χ2n) is 4.47. The second-order valence-corrected chi connectivity index (χ2v) is 5.79. The van der Waals surface area contributed by atoms with Crippen LogP contribution in [0.3, 0.4) is 0 Å². The van der Waals surface area contributed by atoms with E-state index in [9.17, 15) is 0 Å². The zero-order valence-corrected chi connectivity index (χ0v) is 12.3. The molecule has 1 aromatic rings. The van der Waals surface area contributed by atoms with Crippen molar-refractivity contribution >= 4 is 27.5 Å². The SMILES string of the molecule is CC1CN(CCc2cc(Br)ccc2Cl)CCO1. The molecule has 94 valence electrons. The highest BCUT2D eigenvalue weighted by Crippen LogP contribution is 2.21. The Balaban J connectivity index is 1.90. The van der Waals surface area contributed by atoms with E-state index in [1.54, 1.807) is 0 Å². The average molecular weight is 319 g/mol. The second kappa shape index (κ2) is 6.19. The van der Waals surface area contributed by atoms with Crippen LogP contribution in [0, 0.1) is 0 Å². The van der Waals surface area contributed by atoms with Gasteiger partial charge in [-0.15, -0.1) is 0 Å². The summed E-state index contributed by atoms with van der Waals surface area (Å²) in [5.41, 5.74) is 1.21. The van der Waals surface area contributed by atoms with Crippen molar-refractivity contribution in [1.29, 1.82) is 0 Å². The molecule has 2 rings (SSSR count). The van der Waals surface area contributed by atoms with Crippen LogP contribution in [0.15, 0.2) is 22.7 Å². The molecule has 0 aromatic heterocycles. The monoisotopic (exact) mass is 317 g/mol. The van der Waals surface area contributed by atoms with Gasteiger partial charge in [0.2, 0.25) is 0 Å². The summed E-state index contributed by atoms with van der Waals surface area (Å²) in [6.45, 7) is 6.05. The first-order valence-electron chi connectivity index (χ1n) is 5.93. The third-order valence-electron chi connectivity index (χ3n) is 3.03. The van der Waals surface area contributed by atoms with Crippen LogP contribution in [0.1, 0.15) is 12.5 Å². The van der Waals surface area contributed by atoms with Gasteiger partial charge < -0.3 is 4.74 Å². The highest BCUT2D eigenvalue weighted by Gasteiger charge is 2.16. The van der Waals surface area contributed by atoms with E-state index in [4.69, 9.17) is 16.3 Å². The van der Waals surface area contributed by atoms with Gasteiger partial charge in [-0.1, -0.05) is 27.5 Å². The van der Waals surface area contributed by atoms with E-state index in [1.165, 1.54) is 5.56 Å². The van der Waals surface area contributed by atoms with E-state index in [0.29, 0.717) is 6.10 Å². The van der Waals surface area contributed by atoms with Gasteiger partial charge in [-0.3, -0.25) is 4.90 Å². The minimum Gasteiger partial charge on any atom is -0.376 e. The molecule has 1 unspecified atom stereocenters. The molecule has 0 bridgehead atoms. The van der Waals surface area contributed by atoms with Crippen LogP contribution < -0.4 is 0 Å². The fourth-order valence-electron chi connectivity index (χ4n) is 2.11. The van der Waals surface area contributed by atoms with E-state index >= 15 is 0 Å². The van der Waals surface area contributed by atoms with Crippen LogP contribution in [0.25, 0.3) is 0 Å². The van der Waals surface area contributed by atoms with Crippen molar-refractivity contribution in [2.75, 3.05) is 26.2 Å². The quantitative estimate of drug-likeness (QED) is 0.847. The Hall–Kier alpha value is -0.0900. The lowest BCUT2D eigenvalue weighted by Gasteiger charge is -2.31. The van der Waals surface area contributed by atoms with Gasteiger partial charge in [-0.2, -0.15) is 0 Å². The first-order chi connectivity index (χ1) is 8.15. The highest BCUT2D eigenvalue weighted by atomic mass is 79.9. The molecule has 1 aromatic carbocycles. The maximum absolute atomic E-state index is 6.18. The molecule has 0 N–H and O–H groups in total. The van der Waals surface area contributed by atoms with Crippen LogP contribution in [0.5, 0.6) is 0 Å². The Kier molecular flexibility index (Phi) is 4.86. The number of hydrogen-bond donors (Lipinski definition) is 0. The molecule has 1 heterocycles. The number of halogens is 2. The first-order valence-corrected chi connectivity index (χ1v) is 7.10. The van der Waals surface area contributed by atoms with Crippen molar-refractivity contribution in [3.8, 4) is 0 Å². The largest absolute Gasteiger partial charge is 0.376 e. The molecule has 0 saturated carbocycles.